The third-order valence-corrected chi connectivity index (χ3v) is 6.33. The maximum atomic E-state index is 13.7. The number of piperazine rings is 1. The molecule has 1 saturated heterocycles. The molecule has 0 saturated carbocycles. The van der Waals surface area contributed by atoms with Crippen LogP contribution in [-0.2, 0) is 0 Å². The van der Waals surface area contributed by atoms with Gasteiger partial charge in [-0.25, -0.2) is 14.4 Å². The molecule has 5 nitrogen and oxygen atoms in total. The van der Waals surface area contributed by atoms with Crippen LogP contribution in [-0.4, -0.2) is 47.0 Å². The minimum absolute atomic E-state index is 0.0579. The molecule has 1 aliphatic rings. The Balaban J connectivity index is 1.37. The molecule has 0 aliphatic carbocycles. The zero-order chi connectivity index (χ0) is 22.9. The highest BCUT2D eigenvalue weighted by Crippen LogP contribution is 2.27. The average molecular weight is 441 g/mol. The Morgan fingerprint density at radius 2 is 1.61 bits per heavy atom. The highest BCUT2D eigenvalue weighted by atomic mass is 19.1. The number of hydrogen-bond acceptors (Lipinski definition) is 4. The predicted octanol–water partition coefficient (Wildman–Crippen LogP) is 5.02. The van der Waals surface area contributed by atoms with Crippen LogP contribution in [0.25, 0.3) is 22.2 Å². The summed E-state index contributed by atoms with van der Waals surface area (Å²) in [7, 11) is 0. The number of fused-ring (bicyclic) bond motifs is 1. The fourth-order valence-electron chi connectivity index (χ4n) is 4.38. The van der Waals surface area contributed by atoms with E-state index >= 15 is 0 Å². The summed E-state index contributed by atoms with van der Waals surface area (Å²) >= 11 is 0. The van der Waals surface area contributed by atoms with Crippen molar-refractivity contribution in [1.29, 1.82) is 0 Å². The summed E-state index contributed by atoms with van der Waals surface area (Å²) in [4.78, 5) is 26.8. The van der Waals surface area contributed by atoms with Gasteiger partial charge >= 0.3 is 0 Å². The van der Waals surface area contributed by atoms with Crippen molar-refractivity contribution in [3.8, 4) is 11.4 Å². The van der Waals surface area contributed by atoms with Crippen molar-refractivity contribution in [2.24, 2.45) is 0 Å². The summed E-state index contributed by atoms with van der Waals surface area (Å²) in [6.07, 6.45) is 0. The first-order valence-corrected chi connectivity index (χ1v) is 11.1. The van der Waals surface area contributed by atoms with Gasteiger partial charge < -0.3 is 9.80 Å². The maximum absolute atomic E-state index is 13.7. The van der Waals surface area contributed by atoms with Gasteiger partial charge in [0.2, 0.25) is 0 Å². The fourth-order valence-corrected chi connectivity index (χ4v) is 4.38. The zero-order valence-corrected chi connectivity index (χ0v) is 18.8. The lowest BCUT2D eigenvalue weighted by atomic mass is 10.0. The van der Waals surface area contributed by atoms with E-state index in [-0.39, 0.29) is 11.7 Å². The number of halogens is 1. The quantitative estimate of drug-likeness (QED) is 0.449. The van der Waals surface area contributed by atoms with Gasteiger partial charge in [0, 0.05) is 48.6 Å². The minimum atomic E-state index is -0.309. The van der Waals surface area contributed by atoms with Crippen LogP contribution in [0, 0.1) is 19.7 Å². The molecule has 0 spiro atoms. The number of rotatable bonds is 3. The van der Waals surface area contributed by atoms with E-state index in [0.717, 1.165) is 33.4 Å². The van der Waals surface area contributed by atoms with Crippen molar-refractivity contribution < 1.29 is 9.18 Å². The molecule has 0 N–H and O–H groups in total. The molecule has 6 heteroatoms. The number of carbonyl (C=O) groups is 1. The van der Waals surface area contributed by atoms with E-state index in [9.17, 15) is 9.18 Å². The monoisotopic (exact) mass is 440 g/mol. The van der Waals surface area contributed by atoms with Gasteiger partial charge in [-0.15, -0.1) is 0 Å². The van der Waals surface area contributed by atoms with Gasteiger partial charge in [-0.2, -0.15) is 0 Å². The van der Waals surface area contributed by atoms with Crippen molar-refractivity contribution in [2.45, 2.75) is 13.8 Å². The molecule has 0 unspecified atom stereocenters. The number of anilines is 1. The van der Waals surface area contributed by atoms with Crippen LogP contribution >= 0.6 is 0 Å². The second kappa shape index (κ2) is 8.62. The number of aromatic nitrogens is 2. The fraction of sp³-hybridized carbons (Fsp3) is 0.222. The molecule has 5 rings (SSSR count). The Kier molecular flexibility index (Phi) is 5.50. The molecular formula is C27H25FN4O. The molecule has 1 amide bonds. The summed E-state index contributed by atoms with van der Waals surface area (Å²) in [5.41, 5.74) is 3.27. The Bertz CT molecular complexity index is 1340. The summed E-state index contributed by atoms with van der Waals surface area (Å²) in [6, 6.07) is 20.2. The first kappa shape index (κ1) is 21.1. The lowest BCUT2D eigenvalue weighted by molar-refractivity contribution is 0.0748. The van der Waals surface area contributed by atoms with Crippen LogP contribution < -0.4 is 4.90 Å². The molecule has 33 heavy (non-hydrogen) atoms. The van der Waals surface area contributed by atoms with E-state index in [0.29, 0.717) is 37.6 Å². The molecule has 0 radical (unpaired) electrons. The van der Waals surface area contributed by atoms with Gasteiger partial charge in [-0.05, 0) is 42.8 Å². The highest BCUT2D eigenvalue weighted by Gasteiger charge is 2.25. The Hall–Kier alpha value is -3.80. The largest absolute Gasteiger partial charge is 0.353 e. The topological polar surface area (TPSA) is 49.3 Å². The molecular weight excluding hydrogens is 415 g/mol. The second-order valence-corrected chi connectivity index (χ2v) is 8.40. The van der Waals surface area contributed by atoms with Crippen molar-refractivity contribution >= 4 is 22.5 Å². The van der Waals surface area contributed by atoms with Gasteiger partial charge in [0.15, 0.2) is 5.82 Å². The molecule has 3 aromatic carbocycles. The van der Waals surface area contributed by atoms with E-state index in [2.05, 4.69) is 9.88 Å². The average Bonchev–Trinajstić information content (AvgIpc) is 2.85. The lowest BCUT2D eigenvalue weighted by Gasteiger charge is -2.36. The third kappa shape index (κ3) is 4.04. The Labute approximate surface area is 192 Å². The number of amides is 1. The number of aryl methyl sites for hydroxylation is 1. The van der Waals surface area contributed by atoms with Gasteiger partial charge in [-0.1, -0.05) is 48.5 Å². The van der Waals surface area contributed by atoms with Crippen LogP contribution in [0.5, 0.6) is 0 Å². The smallest absolute Gasteiger partial charge is 0.254 e. The van der Waals surface area contributed by atoms with Crippen LogP contribution in [0.15, 0.2) is 66.7 Å². The van der Waals surface area contributed by atoms with E-state index in [1.807, 2.05) is 67.3 Å². The first-order chi connectivity index (χ1) is 16.0. The van der Waals surface area contributed by atoms with E-state index in [1.54, 1.807) is 6.07 Å². The van der Waals surface area contributed by atoms with Crippen molar-refractivity contribution in [1.82, 2.24) is 14.9 Å². The van der Waals surface area contributed by atoms with Crippen LogP contribution in [0.3, 0.4) is 0 Å². The van der Waals surface area contributed by atoms with Crippen molar-refractivity contribution in [2.75, 3.05) is 31.1 Å². The maximum Gasteiger partial charge on any atom is 0.254 e. The highest BCUT2D eigenvalue weighted by molar-refractivity contribution is 6.07. The van der Waals surface area contributed by atoms with Crippen LogP contribution in [0.4, 0.5) is 10.2 Å². The lowest BCUT2D eigenvalue weighted by Crippen LogP contribution is -2.49. The van der Waals surface area contributed by atoms with Crippen LogP contribution in [0.1, 0.15) is 21.6 Å². The Morgan fingerprint density at radius 1 is 0.879 bits per heavy atom. The Morgan fingerprint density at radius 3 is 2.39 bits per heavy atom. The molecule has 1 fully saturated rings. The van der Waals surface area contributed by atoms with Crippen molar-refractivity contribution in [3.63, 3.8) is 0 Å². The third-order valence-electron chi connectivity index (χ3n) is 6.33. The molecule has 0 atom stereocenters. The molecule has 1 aliphatic heterocycles. The van der Waals surface area contributed by atoms with Gasteiger partial charge in [0.05, 0.1) is 0 Å². The van der Waals surface area contributed by atoms with Crippen LogP contribution in [0.2, 0.25) is 0 Å². The summed E-state index contributed by atoms with van der Waals surface area (Å²) in [5, 5.41) is 2.05. The summed E-state index contributed by atoms with van der Waals surface area (Å²) in [6.45, 7) is 6.53. The molecule has 1 aromatic heterocycles. The number of benzene rings is 3. The predicted molar refractivity (Wildman–Crippen MR) is 129 cm³/mol. The van der Waals surface area contributed by atoms with E-state index in [1.165, 1.54) is 12.1 Å². The number of carbonyl (C=O) groups excluding carboxylic acids is 1. The molecule has 166 valence electrons. The second-order valence-electron chi connectivity index (χ2n) is 8.40. The van der Waals surface area contributed by atoms with Gasteiger partial charge in [-0.3, -0.25) is 4.79 Å². The number of nitrogens with zero attached hydrogens (tertiary/aromatic N) is 4. The summed E-state index contributed by atoms with van der Waals surface area (Å²) < 4.78 is 13.7. The molecule has 4 aromatic rings. The zero-order valence-electron chi connectivity index (χ0n) is 18.8. The van der Waals surface area contributed by atoms with E-state index < -0.39 is 0 Å². The molecule has 2 heterocycles. The molecule has 0 bridgehead atoms. The normalized spacial score (nSPS) is 14.0. The number of hydrogen-bond donors (Lipinski definition) is 0. The standard InChI is InChI=1S/C27H25FN4O/c1-18-19(2)29-25(21-9-5-10-22(28)17-21)30-26(18)31-13-15-32(16-14-31)27(33)24-12-6-8-20-7-3-4-11-23(20)24/h3-12,17H,13-16H2,1-2H3. The van der Waals surface area contributed by atoms with Crippen molar-refractivity contribution in [3.05, 3.63) is 89.4 Å². The SMILES string of the molecule is Cc1nc(-c2cccc(F)c2)nc(N2CCN(C(=O)c3cccc4ccccc34)CC2)c1C. The minimum Gasteiger partial charge on any atom is -0.353 e. The van der Waals surface area contributed by atoms with Gasteiger partial charge in [0.25, 0.3) is 5.91 Å². The van der Waals surface area contributed by atoms with E-state index in [4.69, 9.17) is 4.98 Å². The summed E-state index contributed by atoms with van der Waals surface area (Å²) in [5.74, 6) is 1.11. The van der Waals surface area contributed by atoms with Gasteiger partial charge in [0.1, 0.15) is 11.6 Å². The first-order valence-electron chi connectivity index (χ1n) is 11.1.